The van der Waals surface area contributed by atoms with E-state index in [0.717, 1.165) is 25.0 Å². The Morgan fingerprint density at radius 1 is 1.25 bits per heavy atom. The lowest BCUT2D eigenvalue weighted by molar-refractivity contribution is 0.326. The van der Waals surface area contributed by atoms with E-state index in [-0.39, 0.29) is 5.02 Å². The number of rotatable bonds is 4. The highest BCUT2D eigenvalue weighted by Gasteiger charge is 2.13. The smallest absolute Gasteiger partial charge is 0.201 e. The minimum Gasteiger partial charge on any atom is -0.369 e. The number of aromatic nitrogens is 2. The second-order valence-electron chi connectivity index (χ2n) is 5.28. The summed E-state index contributed by atoms with van der Waals surface area (Å²) in [6.45, 7) is 4.23. The zero-order chi connectivity index (χ0) is 14.1. The zero-order valence-corrected chi connectivity index (χ0v) is 12.0. The number of aryl methyl sites for hydroxylation is 1. The Labute approximate surface area is 122 Å². The van der Waals surface area contributed by atoms with Crippen LogP contribution in [0.1, 0.15) is 19.3 Å². The molecule has 1 aromatic carbocycles. The second-order valence-corrected chi connectivity index (χ2v) is 5.69. The van der Waals surface area contributed by atoms with Gasteiger partial charge in [0.1, 0.15) is 5.82 Å². The summed E-state index contributed by atoms with van der Waals surface area (Å²) in [6, 6.07) is 2.94. The topological polar surface area (TPSA) is 47.1 Å². The highest BCUT2D eigenvalue weighted by atomic mass is 35.5. The van der Waals surface area contributed by atoms with Crippen molar-refractivity contribution in [2.45, 2.75) is 25.8 Å². The van der Waals surface area contributed by atoms with E-state index in [9.17, 15) is 4.39 Å². The van der Waals surface area contributed by atoms with Crippen LogP contribution in [0.15, 0.2) is 12.1 Å². The summed E-state index contributed by atoms with van der Waals surface area (Å²) in [5.41, 5.74) is 7.28. The van der Waals surface area contributed by atoms with Crippen molar-refractivity contribution in [3.63, 3.8) is 0 Å². The summed E-state index contributed by atoms with van der Waals surface area (Å²) in [5, 5.41) is 0.109. The monoisotopic (exact) mass is 296 g/mol. The first-order valence-electron chi connectivity index (χ1n) is 6.98. The third-order valence-corrected chi connectivity index (χ3v) is 4.16. The molecule has 0 bridgehead atoms. The third-order valence-electron chi connectivity index (χ3n) is 3.87. The molecule has 1 aliphatic rings. The molecule has 0 spiro atoms. The third kappa shape index (κ3) is 2.60. The molecular formula is C14H18ClFN4. The zero-order valence-electron chi connectivity index (χ0n) is 11.3. The Hall–Kier alpha value is -1.33. The highest BCUT2D eigenvalue weighted by Crippen LogP contribution is 2.25. The van der Waals surface area contributed by atoms with E-state index in [1.165, 1.54) is 32.0 Å². The molecular weight excluding hydrogens is 279 g/mol. The first kappa shape index (κ1) is 13.6. The molecule has 1 aromatic heterocycles. The van der Waals surface area contributed by atoms with Gasteiger partial charge in [-0.1, -0.05) is 11.6 Å². The molecule has 2 aromatic rings. The van der Waals surface area contributed by atoms with Gasteiger partial charge >= 0.3 is 0 Å². The number of nitrogens with zero attached hydrogens (tertiary/aromatic N) is 3. The van der Waals surface area contributed by atoms with Gasteiger partial charge in [0.2, 0.25) is 5.95 Å². The Kier molecular flexibility index (Phi) is 3.81. The normalized spacial score (nSPS) is 16.3. The average Bonchev–Trinajstić information content (AvgIpc) is 3.01. The van der Waals surface area contributed by atoms with Gasteiger partial charge in [0.25, 0.3) is 0 Å². The lowest BCUT2D eigenvalue weighted by atomic mass is 10.3. The van der Waals surface area contributed by atoms with E-state index < -0.39 is 5.82 Å². The molecule has 0 saturated carbocycles. The summed E-state index contributed by atoms with van der Waals surface area (Å²) in [4.78, 5) is 6.65. The van der Waals surface area contributed by atoms with E-state index in [0.29, 0.717) is 11.5 Å². The van der Waals surface area contributed by atoms with Crippen molar-refractivity contribution >= 4 is 28.6 Å². The molecule has 1 aliphatic heterocycles. The van der Waals surface area contributed by atoms with Crippen LogP contribution in [0.4, 0.5) is 10.3 Å². The van der Waals surface area contributed by atoms with Gasteiger partial charge in [0, 0.05) is 12.6 Å². The summed E-state index contributed by atoms with van der Waals surface area (Å²) < 4.78 is 15.3. The van der Waals surface area contributed by atoms with Gasteiger partial charge in [-0.3, -0.25) is 0 Å². The van der Waals surface area contributed by atoms with Crippen LogP contribution in [-0.4, -0.2) is 34.1 Å². The van der Waals surface area contributed by atoms with Crippen molar-refractivity contribution in [1.29, 1.82) is 0 Å². The van der Waals surface area contributed by atoms with Crippen LogP contribution in [0.25, 0.3) is 11.0 Å². The minimum atomic E-state index is -0.458. The molecule has 108 valence electrons. The molecule has 1 saturated heterocycles. The van der Waals surface area contributed by atoms with E-state index in [1.54, 1.807) is 6.07 Å². The Bertz CT molecular complexity index is 619. The van der Waals surface area contributed by atoms with E-state index in [2.05, 4.69) is 9.88 Å². The lowest BCUT2D eigenvalue weighted by Gasteiger charge is -2.15. The summed E-state index contributed by atoms with van der Waals surface area (Å²) in [7, 11) is 0. The van der Waals surface area contributed by atoms with Crippen LogP contribution in [-0.2, 0) is 6.54 Å². The Balaban J connectivity index is 1.76. The van der Waals surface area contributed by atoms with Crippen LogP contribution in [0.3, 0.4) is 0 Å². The van der Waals surface area contributed by atoms with Crippen LogP contribution in [0, 0.1) is 5.82 Å². The van der Waals surface area contributed by atoms with Crippen LogP contribution >= 0.6 is 11.6 Å². The number of nitrogen functional groups attached to an aromatic ring is 1. The predicted molar refractivity (Wildman–Crippen MR) is 79.4 cm³/mol. The molecule has 6 heteroatoms. The number of likely N-dealkylation sites (tertiary alicyclic amines) is 1. The molecule has 2 heterocycles. The van der Waals surface area contributed by atoms with Gasteiger partial charge in [0.15, 0.2) is 0 Å². The Morgan fingerprint density at radius 2 is 2.00 bits per heavy atom. The second kappa shape index (κ2) is 5.58. The maximum absolute atomic E-state index is 13.4. The number of anilines is 1. The number of halogens is 2. The van der Waals surface area contributed by atoms with Crippen molar-refractivity contribution in [3.8, 4) is 0 Å². The van der Waals surface area contributed by atoms with Crippen LogP contribution < -0.4 is 5.73 Å². The van der Waals surface area contributed by atoms with Crippen molar-refractivity contribution in [3.05, 3.63) is 23.0 Å². The number of hydrogen-bond acceptors (Lipinski definition) is 3. The fraction of sp³-hybridized carbons (Fsp3) is 0.500. The molecule has 4 nitrogen and oxygen atoms in total. The van der Waals surface area contributed by atoms with Gasteiger partial charge in [-0.2, -0.15) is 0 Å². The quantitative estimate of drug-likeness (QED) is 0.944. The number of fused-ring (bicyclic) bond motifs is 1. The fourth-order valence-corrected chi connectivity index (χ4v) is 2.99. The summed E-state index contributed by atoms with van der Waals surface area (Å²) in [5.74, 6) is -0.0380. The van der Waals surface area contributed by atoms with Crippen molar-refractivity contribution in [2.75, 3.05) is 25.4 Å². The van der Waals surface area contributed by atoms with E-state index in [4.69, 9.17) is 17.3 Å². The predicted octanol–water partition coefficient (Wildman–Crippen LogP) is 2.90. The van der Waals surface area contributed by atoms with Crippen LogP contribution in [0.5, 0.6) is 0 Å². The molecule has 1 fully saturated rings. The number of imidazole rings is 1. The fourth-order valence-electron chi connectivity index (χ4n) is 2.83. The van der Waals surface area contributed by atoms with E-state index in [1.807, 2.05) is 4.57 Å². The molecule has 0 unspecified atom stereocenters. The first-order chi connectivity index (χ1) is 9.65. The van der Waals surface area contributed by atoms with Gasteiger partial charge in [-0.15, -0.1) is 0 Å². The molecule has 20 heavy (non-hydrogen) atoms. The molecule has 0 radical (unpaired) electrons. The average molecular weight is 297 g/mol. The maximum atomic E-state index is 13.4. The minimum absolute atomic E-state index is 0.109. The lowest BCUT2D eigenvalue weighted by Crippen LogP contribution is -2.21. The standard InChI is InChI=1S/C14H18ClFN4/c15-10-8-13-12(9-11(10)16)18-14(17)20(13)7-3-6-19-4-1-2-5-19/h8-9H,1-7H2,(H2,17,18). The van der Waals surface area contributed by atoms with Crippen molar-refractivity contribution < 1.29 is 4.39 Å². The van der Waals surface area contributed by atoms with Crippen molar-refractivity contribution in [2.24, 2.45) is 0 Å². The number of hydrogen-bond donors (Lipinski definition) is 1. The van der Waals surface area contributed by atoms with Gasteiger partial charge < -0.3 is 15.2 Å². The first-order valence-corrected chi connectivity index (χ1v) is 7.36. The number of nitrogens with two attached hydrogens (primary N) is 1. The molecule has 0 atom stereocenters. The summed E-state index contributed by atoms with van der Waals surface area (Å²) >= 11 is 5.84. The SMILES string of the molecule is Nc1nc2cc(F)c(Cl)cc2n1CCCN1CCCC1. The van der Waals surface area contributed by atoms with Gasteiger partial charge in [-0.05, 0) is 45.0 Å². The summed E-state index contributed by atoms with van der Waals surface area (Å²) in [6.07, 6.45) is 3.60. The largest absolute Gasteiger partial charge is 0.369 e. The molecule has 2 N–H and O–H groups in total. The molecule has 0 amide bonds. The molecule has 3 rings (SSSR count). The van der Waals surface area contributed by atoms with E-state index >= 15 is 0 Å². The number of benzene rings is 1. The van der Waals surface area contributed by atoms with Crippen molar-refractivity contribution in [1.82, 2.24) is 14.5 Å². The van der Waals surface area contributed by atoms with Gasteiger partial charge in [-0.25, -0.2) is 9.37 Å². The molecule has 0 aliphatic carbocycles. The highest BCUT2D eigenvalue weighted by molar-refractivity contribution is 6.31. The maximum Gasteiger partial charge on any atom is 0.201 e. The van der Waals surface area contributed by atoms with Crippen LogP contribution in [0.2, 0.25) is 5.02 Å². The van der Waals surface area contributed by atoms with Gasteiger partial charge in [0.05, 0.1) is 16.1 Å². The Morgan fingerprint density at radius 3 is 2.75 bits per heavy atom.